The van der Waals surface area contributed by atoms with E-state index in [0.29, 0.717) is 17.1 Å². The van der Waals surface area contributed by atoms with Crippen LogP contribution in [0.4, 0.5) is 11.5 Å². The molecule has 0 bridgehead atoms. The van der Waals surface area contributed by atoms with Crippen LogP contribution in [-0.2, 0) is 9.59 Å². The van der Waals surface area contributed by atoms with Crippen molar-refractivity contribution in [2.75, 3.05) is 10.6 Å². The molecule has 0 aliphatic heterocycles. The van der Waals surface area contributed by atoms with Gasteiger partial charge >= 0.3 is 0 Å². The largest absolute Gasteiger partial charge is 0.321 e. The van der Waals surface area contributed by atoms with Gasteiger partial charge in [0, 0.05) is 22.3 Å². The van der Waals surface area contributed by atoms with E-state index in [1.807, 2.05) is 84.9 Å². The van der Waals surface area contributed by atoms with Crippen LogP contribution < -0.4 is 16.0 Å². The van der Waals surface area contributed by atoms with E-state index in [9.17, 15) is 14.4 Å². The second-order valence-electron chi connectivity index (χ2n) is 9.38. The Morgan fingerprint density at radius 3 is 1.95 bits per heavy atom. The fourth-order valence-electron chi connectivity index (χ4n) is 4.14. The van der Waals surface area contributed by atoms with Gasteiger partial charge in [-0.1, -0.05) is 84.9 Å². The number of benzene rings is 4. The zero-order valence-corrected chi connectivity index (χ0v) is 23.8. The van der Waals surface area contributed by atoms with E-state index in [1.54, 1.807) is 60.8 Å². The maximum Gasteiger partial charge on any atom is 0.272 e. The van der Waals surface area contributed by atoms with Crippen LogP contribution >= 0.6 is 11.8 Å². The van der Waals surface area contributed by atoms with Gasteiger partial charge in [-0.15, -0.1) is 11.8 Å². The maximum atomic E-state index is 13.3. The highest BCUT2D eigenvalue weighted by molar-refractivity contribution is 8.00. The number of carbonyl (C=O) groups excluding carboxylic acids is 3. The third-order valence-corrected chi connectivity index (χ3v) is 7.53. The van der Waals surface area contributed by atoms with E-state index in [0.717, 1.165) is 16.0 Å². The number of pyridine rings is 1. The van der Waals surface area contributed by atoms with Crippen molar-refractivity contribution < 1.29 is 14.4 Å². The van der Waals surface area contributed by atoms with E-state index in [2.05, 4.69) is 20.9 Å². The topological polar surface area (TPSA) is 100 Å². The summed E-state index contributed by atoms with van der Waals surface area (Å²) >= 11 is 1.39. The summed E-state index contributed by atoms with van der Waals surface area (Å²) in [6.07, 6.45) is 3.26. The molecule has 212 valence electrons. The zero-order chi connectivity index (χ0) is 29.9. The van der Waals surface area contributed by atoms with Crippen LogP contribution in [-0.4, -0.2) is 22.7 Å². The Balaban J connectivity index is 1.31. The van der Waals surface area contributed by atoms with E-state index >= 15 is 0 Å². The molecule has 3 N–H and O–H groups in total. The average Bonchev–Trinajstić information content (AvgIpc) is 3.05. The lowest BCUT2D eigenvalue weighted by atomic mass is 10.1. The zero-order valence-electron chi connectivity index (χ0n) is 23.0. The number of hydrogen-bond donors (Lipinski definition) is 3. The number of nitrogens with one attached hydrogen (secondary N) is 3. The molecule has 1 unspecified atom stereocenters. The molecule has 0 spiro atoms. The molecule has 1 aromatic heterocycles. The monoisotopic (exact) mass is 584 g/mol. The van der Waals surface area contributed by atoms with Gasteiger partial charge in [-0.05, 0) is 65.7 Å². The molecule has 0 saturated heterocycles. The van der Waals surface area contributed by atoms with Gasteiger partial charge in [-0.3, -0.25) is 14.4 Å². The van der Waals surface area contributed by atoms with Crippen LogP contribution in [0.2, 0.25) is 0 Å². The number of anilines is 2. The number of hydrogen-bond acceptors (Lipinski definition) is 5. The molecule has 1 heterocycles. The van der Waals surface area contributed by atoms with Crippen LogP contribution in [0.3, 0.4) is 0 Å². The van der Waals surface area contributed by atoms with Crippen molar-refractivity contribution in [1.29, 1.82) is 0 Å². The number of thioether (sulfide) groups is 1. The summed E-state index contributed by atoms with van der Waals surface area (Å²) in [5.74, 6) is -0.575. The van der Waals surface area contributed by atoms with Gasteiger partial charge in [0.05, 0.1) is 0 Å². The van der Waals surface area contributed by atoms with Crippen LogP contribution in [0, 0.1) is 0 Å². The van der Waals surface area contributed by atoms with Gasteiger partial charge in [0.25, 0.3) is 11.8 Å². The molecule has 7 nitrogen and oxygen atoms in total. The lowest BCUT2D eigenvalue weighted by Gasteiger charge is -2.17. The van der Waals surface area contributed by atoms with Crippen molar-refractivity contribution in [3.05, 3.63) is 162 Å². The van der Waals surface area contributed by atoms with Crippen molar-refractivity contribution >= 4 is 47.1 Å². The predicted molar refractivity (Wildman–Crippen MR) is 171 cm³/mol. The van der Waals surface area contributed by atoms with Crippen LogP contribution in [0.25, 0.3) is 6.08 Å². The third kappa shape index (κ3) is 8.28. The molecule has 4 aromatic carbocycles. The molecule has 0 saturated carbocycles. The van der Waals surface area contributed by atoms with Crippen molar-refractivity contribution in [3.63, 3.8) is 0 Å². The van der Waals surface area contributed by atoms with Gasteiger partial charge in [0.15, 0.2) is 0 Å². The fourth-order valence-corrected chi connectivity index (χ4v) is 5.16. The molecule has 1 atom stereocenters. The Labute approximate surface area is 254 Å². The SMILES string of the molecule is O=C(Nc1ccc(SC(C(=O)Nc2ccccn2)c2ccccc2)cc1)/C(=C/c1ccccc1)NC(=O)c1ccccc1. The second kappa shape index (κ2) is 14.4. The average molecular weight is 585 g/mol. The summed E-state index contributed by atoms with van der Waals surface area (Å²) in [4.78, 5) is 44.5. The summed E-state index contributed by atoms with van der Waals surface area (Å²) in [5.41, 5.74) is 2.70. The molecule has 0 radical (unpaired) electrons. The van der Waals surface area contributed by atoms with Crippen molar-refractivity contribution in [2.45, 2.75) is 10.1 Å². The summed E-state index contributed by atoms with van der Waals surface area (Å²) in [6.45, 7) is 0. The summed E-state index contributed by atoms with van der Waals surface area (Å²) in [7, 11) is 0. The van der Waals surface area contributed by atoms with Crippen molar-refractivity contribution in [2.24, 2.45) is 0 Å². The van der Waals surface area contributed by atoms with E-state index in [-0.39, 0.29) is 17.5 Å². The molecular weight excluding hydrogens is 556 g/mol. The first kappa shape index (κ1) is 29.0. The highest BCUT2D eigenvalue weighted by atomic mass is 32.2. The Morgan fingerprint density at radius 2 is 1.30 bits per heavy atom. The minimum absolute atomic E-state index is 0.105. The molecule has 5 aromatic rings. The molecule has 0 aliphatic carbocycles. The van der Waals surface area contributed by atoms with Gasteiger partial charge in [-0.2, -0.15) is 0 Å². The smallest absolute Gasteiger partial charge is 0.272 e. The predicted octanol–water partition coefficient (Wildman–Crippen LogP) is 6.96. The normalized spacial score (nSPS) is 11.7. The Bertz CT molecular complexity index is 1700. The first-order valence-electron chi connectivity index (χ1n) is 13.5. The first-order valence-corrected chi connectivity index (χ1v) is 14.4. The van der Waals surface area contributed by atoms with Crippen LogP contribution in [0.1, 0.15) is 26.7 Å². The van der Waals surface area contributed by atoms with Gasteiger partial charge < -0.3 is 16.0 Å². The number of amides is 3. The number of carbonyl (C=O) groups is 3. The molecule has 0 fully saturated rings. The summed E-state index contributed by atoms with van der Waals surface area (Å²) in [5, 5.41) is 7.97. The van der Waals surface area contributed by atoms with E-state index in [1.165, 1.54) is 11.8 Å². The number of rotatable bonds is 10. The highest BCUT2D eigenvalue weighted by Gasteiger charge is 2.23. The second-order valence-corrected chi connectivity index (χ2v) is 10.6. The van der Waals surface area contributed by atoms with Crippen LogP contribution in [0.15, 0.2) is 150 Å². The van der Waals surface area contributed by atoms with Gasteiger partial charge in [0.2, 0.25) is 5.91 Å². The number of nitrogens with zero attached hydrogens (tertiary/aromatic N) is 1. The minimum atomic E-state index is -0.530. The lowest BCUT2D eigenvalue weighted by Crippen LogP contribution is -2.30. The van der Waals surface area contributed by atoms with Gasteiger partial charge in [0.1, 0.15) is 16.8 Å². The summed E-state index contributed by atoms with van der Waals surface area (Å²) in [6, 6.07) is 40.1. The summed E-state index contributed by atoms with van der Waals surface area (Å²) < 4.78 is 0. The Morgan fingerprint density at radius 1 is 0.674 bits per heavy atom. The van der Waals surface area contributed by atoms with Crippen molar-refractivity contribution in [1.82, 2.24) is 10.3 Å². The van der Waals surface area contributed by atoms with E-state index < -0.39 is 11.2 Å². The lowest BCUT2D eigenvalue weighted by molar-refractivity contribution is -0.116. The van der Waals surface area contributed by atoms with Crippen LogP contribution in [0.5, 0.6) is 0 Å². The minimum Gasteiger partial charge on any atom is -0.321 e. The molecule has 0 aliphatic rings. The van der Waals surface area contributed by atoms with Gasteiger partial charge in [-0.25, -0.2) is 4.98 Å². The Kier molecular flexibility index (Phi) is 9.74. The molecule has 5 rings (SSSR count). The maximum absolute atomic E-state index is 13.3. The Hall–Kier alpha value is -5.47. The van der Waals surface area contributed by atoms with E-state index in [4.69, 9.17) is 0 Å². The highest BCUT2D eigenvalue weighted by Crippen LogP contribution is 2.36. The molecule has 8 heteroatoms. The standard InChI is InChI=1S/C35H28N4O3S/c40-33(27-16-8-3-9-17-27)38-30(24-25-12-4-1-5-13-25)34(41)37-28-19-21-29(22-20-28)43-32(26-14-6-2-7-15-26)35(42)39-31-18-10-11-23-36-31/h1-24,32H,(H,37,41)(H,38,40)(H,36,39,42)/b30-24-. The third-order valence-electron chi connectivity index (χ3n) is 6.26. The quantitative estimate of drug-likeness (QED) is 0.122. The number of aromatic nitrogens is 1. The molecule has 3 amide bonds. The molecule has 43 heavy (non-hydrogen) atoms. The van der Waals surface area contributed by atoms with Crippen molar-refractivity contribution in [3.8, 4) is 0 Å². The fraction of sp³-hybridized carbons (Fsp3) is 0.0286. The first-order chi connectivity index (χ1) is 21.0. The molecular formula is C35H28N4O3S.